The normalized spacial score (nSPS) is 8.08. The minimum absolute atomic E-state index is 0.345. The summed E-state index contributed by atoms with van der Waals surface area (Å²) in [4.78, 5) is 10.1. The molecule has 0 saturated heterocycles. The van der Waals surface area contributed by atoms with Gasteiger partial charge in [-0.15, -0.1) is 0 Å². The van der Waals surface area contributed by atoms with Gasteiger partial charge in [0.1, 0.15) is 12.7 Å². The summed E-state index contributed by atoms with van der Waals surface area (Å²) in [5, 5.41) is 0. The number of nitrogens with two attached hydrogens (primary N) is 1. The third-order valence-electron chi connectivity index (χ3n) is 1.06. The third-order valence-corrected chi connectivity index (χ3v) is 1.06. The first-order chi connectivity index (χ1) is 5.77. The average Bonchev–Trinajstić information content (AvgIpc) is 2.02. The first-order valence-electron chi connectivity index (χ1n) is 3.73. The van der Waals surface area contributed by atoms with E-state index in [1.807, 2.05) is 0 Å². The van der Waals surface area contributed by atoms with Gasteiger partial charge in [0.05, 0.1) is 6.61 Å². The van der Waals surface area contributed by atoms with Gasteiger partial charge >= 0.3 is 6.09 Å². The maximum Gasteiger partial charge on any atom is 0.404 e. The van der Waals surface area contributed by atoms with E-state index >= 15 is 0 Å². The molecule has 0 aliphatic rings. The number of hydrogen-bond donors (Lipinski definition) is 1. The van der Waals surface area contributed by atoms with E-state index in [1.54, 1.807) is 6.92 Å². The van der Waals surface area contributed by atoms with Gasteiger partial charge in [-0.3, -0.25) is 0 Å². The van der Waals surface area contributed by atoms with Crippen LogP contribution in [0.25, 0.3) is 0 Å². The standard InChI is InChI=1S/C8H13NO3/c1-2-5-11-6-3-4-7-12-8(9)10/h3-4,6-7H2,1H3,(H2,9,10). The molecule has 12 heavy (non-hydrogen) atoms. The third kappa shape index (κ3) is 8.63. The Morgan fingerprint density at radius 2 is 2.08 bits per heavy atom. The quantitative estimate of drug-likeness (QED) is 0.493. The number of primary amides is 1. The molecule has 0 radical (unpaired) electrons. The number of carbonyl (C=O) groups excluding carboxylic acids is 1. The van der Waals surface area contributed by atoms with Crippen LogP contribution in [0.3, 0.4) is 0 Å². The molecule has 0 aliphatic heterocycles. The first kappa shape index (κ1) is 10.6. The van der Waals surface area contributed by atoms with Crippen molar-refractivity contribution >= 4 is 6.09 Å². The number of unbranched alkanes of at least 4 members (excludes halogenated alkanes) is 1. The van der Waals surface area contributed by atoms with Crippen LogP contribution in [0.1, 0.15) is 19.8 Å². The van der Waals surface area contributed by atoms with E-state index in [1.165, 1.54) is 0 Å². The number of amides is 1. The van der Waals surface area contributed by atoms with Crippen molar-refractivity contribution < 1.29 is 14.3 Å². The molecule has 0 bridgehead atoms. The molecule has 0 aromatic carbocycles. The summed E-state index contributed by atoms with van der Waals surface area (Å²) >= 11 is 0. The van der Waals surface area contributed by atoms with Gasteiger partial charge in [-0.2, -0.15) is 0 Å². The van der Waals surface area contributed by atoms with Crippen molar-refractivity contribution in [3.05, 3.63) is 0 Å². The first-order valence-corrected chi connectivity index (χ1v) is 3.73. The zero-order chi connectivity index (χ0) is 9.23. The Morgan fingerprint density at radius 1 is 1.42 bits per heavy atom. The lowest BCUT2D eigenvalue weighted by Gasteiger charge is -1.99. The topological polar surface area (TPSA) is 61.6 Å². The second kappa shape index (κ2) is 7.73. The van der Waals surface area contributed by atoms with Crippen molar-refractivity contribution in [3.63, 3.8) is 0 Å². The number of hydrogen-bond acceptors (Lipinski definition) is 3. The number of rotatable bonds is 5. The van der Waals surface area contributed by atoms with Gasteiger partial charge in [0.15, 0.2) is 0 Å². The number of carbonyl (C=O) groups is 1. The lowest BCUT2D eigenvalue weighted by molar-refractivity contribution is 0.150. The van der Waals surface area contributed by atoms with Gasteiger partial charge in [0.2, 0.25) is 0 Å². The van der Waals surface area contributed by atoms with E-state index < -0.39 is 6.09 Å². The van der Waals surface area contributed by atoms with E-state index in [9.17, 15) is 4.79 Å². The maximum absolute atomic E-state index is 10.1. The minimum Gasteiger partial charge on any atom is -0.450 e. The second-order valence-electron chi connectivity index (χ2n) is 2.08. The van der Waals surface area contributed by atoms with Gasteiger partial charge in [-0.05, 0) is 12.8 Å². The molecule has 1 amide bonds. The number of ether oxygens (including phenoxy) is 2. The Bertz CT molecular complexity index is 180. The maximum atomic E-state index is 10.1. The fourth-order valence-electron chi connectivity index (χ4n) is 0.572. The second-order valence-corrected chi connectivity index (χ2v) is 2.08. The predicted molar refractivity (Wildman–Crippen MR) is 44.2 cm³/mol. The van der Waals surface area contributed by atoms with Crippen molar-refractivity contribution in [1.82, 2.24) is 0 Å². The molecule has 0 heterocycles. The average molecular weight is 171 g/mol. The summed E-state index contributed by atoms with van der Waals surface area (Å²) < 4.78 is 9.35. The molecule has 0 rings (SSSR count). The van der Waals surface area contributed by atoms with Crippen LogP contribution in [0.5, 0.6) is 0 Å². The highest BCUT2D eigenvalue weighted by Gasteiger charge is 1.92. The molecule has 0 aromatic rings. The fourth-order valence-corrected chi connectivity index (χ4v) is 0.572. The Balaban J connectivity index is 2.99. The molecule has 68 valence electrons. The van der Waals surface area contributed by atoms with Crippen LogP contribution < -0.4 is 5.73 Å². The Morgan fingerprint density at radius 3 is 2.67 bits per heavy atom. The minimum atomic E-state index is -0.732. The van der Waals surface area contributed by atoms with E-state index in [4.69, 9.17) is 10.5 Å². The largest absolute Gasteiger partial charge is 0.450 e. The molecule has 4 nitrogen and oxygen atoms in total. The zero-order valence-corrected chi connectivity index (χ0v) is 7.13. The molecule has 0 unspecified atom stereocenters. The fraction of sp³-hybridized carbons (Fsp3) is 0.625. The van der Waals surface area contributed by atoms with E-state index in [0.29, 0.717) is 13.2 Å². The van der Waals surface area contributed by atoms with Crippen molar-refractivity contribution in [2.24, 2.45) is 5.73 Å². The Kier molecular flexibility index (Phi) is 6.85. The lowest BCUT2D eigenvalue weighted by Crippen LogP contribution is -2.13. The summed E-state index contributed by atoms with van der Waals surface area (Å²) in [6.07, 6.45) is 3.29. The van der Waals surface area contributed by atoms with Gasteiger partial charge in [0, 0.05) is 6.92 Å². The van der Waals surface area contributed by atoms with Gasteiger partial charge in [-0.25, -0.2) is 4.79 Å². The molecule has 0 saturated carbocycles. The molecule has 0 spiro atoms. The van der Waals surface area contributed by atoms with Crippen LogP contribution in [0, 0.1) is 12.0 Å². The highest BCUT2D eigenvalue weighted by molar-refractivity contribution is 5.64. The van der Waals surface area contributed by atoms with Crippen molar-refractivity contribution in [1.29, 1.82) is 0 Å². The van der Waals surface area contributed by atoms with Crippen molar-refractivity contribution in [2.45, 2.75) is 19.8 Å². The van der Waals surface area contributed by atoms with Gasteiger partial charge in [0.25, 0.3) is 0 Å². The van der Waals surface area contributed by atoms with Crippen LogP contribution in [0.15, 0.2) is 0 Å². The summed E-state index contributed by atoms with van der Waals surface area (Å²) in [6, 6.07) is 0. The highest BCUT2D eigenvalue weighted by Crippen LogP contribution is 1.90. The Labute approximate surface area is 72.0 Å². The van der Waals surface area contributed by atoms with Crippen LogP contribution >= 0.6 is 0 Å². The molecule has 0 aromatic heterocycles. The van der Waals surface area contributed by atoms with Crippen LogP contribution in [-0.4, -0.2) is 19.3 Å². The SMILES string of the molecule is CC#COCCCCOC(N)=O. The molecule has 0 atom stereocenters. The van der Waals surface area contributed by atoms with E-state index in [0.717, 1.165) is 12.8 Å². The predicted octanol–water partition coefficient (Wildman–Crippen LogP) is 0.859. The van der Waals surface area contributed by atoms with Crippen molar-refractivity contribution in [2.75, 3.05) is 13.2 Å². The lowest BCUT2D eigenvalue weighted by atomic mass is 10.3. The smallest absolute Gasteiger partial charge is 0.404 e. The summed E-state index contributed by atoms with van der Waals surface area (Å²) in [7, 11) is 0. The molecular formula is C8H13NO3. The van der Waals surface area contributed by atoms with Crippen LogP contribution in [-0.2, 0) is 9.47 Å². The molecule has 4 heteroatoms. The molecular weight excluding hydrogens is 158 g/mol. The summed E-state index contributed by atoms with van der Waals surface area (Å²) in [6.45, 7) is 2.61. The molecule has 0 fully saturated rings. The van der Waals surface area contributed by atoms with Gasteiger partial charge < -0.3 is 15.2 Å². The van der Waals surface area contributed by atoms with Crippen molar-refractivity contribution in [3.8, 4) is 12.0 Å². The van der Waals surface area contributed by atoms with E-state index in [-0.39, 0.29) is 0 Å². The van der Waals surface area contributed by atoms with Crippen LogP contribution in [0.2, 0.25) is 0 Å². The summed E-state index contributed by atoms with van der Waals surface area (Å²) in [5.74, 6) is 2.60. The monoisotopic (exact) mass is 171 g/mol. The highest BCUT2D eigenvalue weighted by atomic mass is 16.5. The Hall–Kier alpha value is -1.37. The van der Waals surface area contributed by atoms with Gasteiger partial charge in [-0.1, -0.05) is 5.92 Å². The van der Waals surface area contributed by atoms with Crippen LogP contribution in [0.4, 0.5) is 4.79 Å². The van der Waals surface area contributed by atoms with E-state index in [2.05, 4.69) is 16.8 Å². The zero-order valence-electron chi connectivity index (χ0n) is 7.13. The summed E-state index contributed by atoms with van der Waals surface area (Å²) in [5.41, 5.74) is 4.74. The molecule has 0 aliphatic carbocycles. The molecule has 2 N–H and O–H groups in total.